The van der Waals surface area contributed by atoms with Gasteiger partial charge in [-0.15, -0.1) is 0 Å². The minimum atomic E-state index is -0.0871. The summed E-state index contributed by atoms with van der Waals surface area (Å²) in [4.78, 5) is 0. The molecule has 49 heavy (non-hydrogen) atoms. The summed E-state index contributed by atoms with van der Waals surface area (Å²) in [5.41, 5.74) is 1.36. The number of allylic oxidation sites excluding steroid dienone is 2. The largest absolute Gasteiger partial charge is 0.393 e. The summed E-state index contributed by atoms with van der Waals surface area (Å²) in [5.74, 6) is 6.63. The van der Waals surface area contributed by atoms with Crippen LogP contribution in [0.15, 0.2) is 12.2 Å². The molecule has 288 valence electrons. The van der Waals surface area contributed by atoms with Crippen LogP contribution in [0.1, 0.15) is 218 Å². The van der Waals surface area contributed by atoms with Crippen LogP contribution in [-0.4, -0.2) is 11.2 Å². The maximum atomic E-state index is 10.3. The van der Waals surface area contributed by atoms with Crippen LogP contribution in [0.2, 0.25) is 0 Å². The van der Waals surface area contributed by atoms with Crippen molar-refractivity contribution < 1.29 is 5.11 Å². The second kappa shape index (κ2) is 19.2. The zero-order chi connectivity index (χ0) is 36.5. The Bertz CT molecular complexity index is 932. The minimum absolute atomic E-state index is 0.0871. The van der Waals surface area contributed by atoms with Gasteiger partial charge >= 0.3 is 0 Å². The number of aliphatic hydroxyl groups excluding tert-OH is 1. The highest BCUT2D eigenvalue weighted by Gasteiger charge is 2.57. The molecule has 3 fully saturated rings. The molecule has 0 bridgehead atoms. The summed E-state index contributed by atoms with van der Waals surface area (Å²) >= 11 is 0. The van der Waals surface area contributed by atoms with E-state index in [0.717, 1.165) is 48.3 Å². The Hall–Kier alpha value is -0.300. The highest BCUT2D eigenvalue weighted by Crippen LogP contribution is 2.66. The van der Waals surface area contributed by atoms with Crippen molar-refractivity contribution in [2.75, 3.05) is 0 Å². The Morgan fingerprint density at radius 2 is 1.20 bits per heavy atom. The van der Waals surface area contributed by atoms with Crippen molar-refractivity contribution in [3.63, 3.8) is 0 Å². The first-order valence-electron chi connectivity index (χ1n) is 22.3. The van der Waals surface area contributed by atoms with Gasteiger partial charge in [0.2, 0.25) is 0 Å². The van der Waals surface area contributed by atoms with Gasteiger partial charge in [0.1, 0.15) is 0 Å². The van der Waals surface area contributed by atoms with Crippen molar-refractivity contribution >= 4 is 0 Å². The summed E-state index contributed by atoms with van der Waals surface area (Å²) in [7, 11) is 0. The summed E-state index contributed by atoms with van der Waals surface area (Å²) in [6, 6.07) is 0. The van der Waals surface area contributed by atoms with Crippen molar-refractivity contribution in [1.82, 2.24) is 0 Å². The normalized spacial score (nSPS) is 32.4. The van der Waals surface area contributed by atoms with Crippen LogP contribution in [-0.2, 0) is 0 Å². The van der Waals surface area contributed by atoms with Crippen molar-refractivity contribution in [3.05, 3.63) is 12.2 Å². The topological polar surface area (TPSA) is 20.2 Å². The smallest absolute Gasteiger partial charge is 0.0548 e. The number of rotatable bonds is 21. The van der Waals surface area contributed by atoms with Gasteiger partial charge in [-0.2, -0.15) is 0 Å². The second-order valence-corrected chi connectivity index (χ2v) is 21.4. The lowest BCUT2D eigenvalue weighted by molar-refractivity contribution is -0.105. The van der Waals surface area contributed by atoms with E-state index in [1.807, 2.05) is 0 Å². The molecule has 3 aliphatic carbocycles. The monoisotopic (exact) mass is 683 g/mol. The summed E-state index contributed by atoms with van der Waals surface area (Å²) in [5, 5.41) is 10.3. The first-order chi connectivity index (χ1) is 22.9. The van der Waals surface area contributed by atoms with Crippen molar-refractivity contribution in [2.45, 2.75) is 224 Å². The molecule has 0 spiro atoms. The first-order valence-corrected chi connectivity index (χ1v) is 22.3. The van der Waals surface area contributed by atoms with E-state index >= 15 is 0 Å². The summed E-state index contributed by atoms with van der Waals surface area (Å²) in [6.07, 6.45) is 34.1. The number of aliphatic hydroxyl groups is 1. The molecule has 0 amide bonds. The standard InChI is InChI=1S/C48H90O/c1-13-14-29-48(46(9,10)33-42(34-47(48,11)12)41-26-19-27-41)30-28-38(4)24-17-22-36(2)20-15-16-21-37(3)23-18-25-39(5)31-44-40(6)32-43(49)35-45(44,7)8/h28,30,36-44,49H,13-27,29,31-35H2,1-12H3/b30-28+. The van der Waals surface area contributed by atoms with Gasteiger partial charge in [0.05, 0.1) is 6.10 Å². The molecule has 3 aliphatic rings. The molecule has 0 heterocycles. The van der Waals surface area contributed by atoms with E-state index in [1.54, 1.807) is 0 Å². The van der Waals surface area contributed by atoms with Gasteiger partial charge in [0.25, 0.3) is 0 Å². The summed E-state index contributed by atoms with van der Waals surface area (Å²) < 4.78 is 0. The molecule has 1 N–H and O–H groups in total. The van der Waals surface area contributed by atoms with Gasteiger partial charge in [-0.05, 0) is 114 Å². The van der Waals surface area contributed by atoms with E-state index in [2.05, 4.69) is 95.2 Å². The molecule has 1 nitrogen and oxygen atoms in total. The van der Waals surface area contributed by atoms with Crippen LogP contribution in [0, 0.1) is 69.0 Å². The first kappa shape index (κ1) is 43.1. The highest BCUT2D eigenvalue weighted by molar-refractivity contribution is 5.17. The predicted molar refractivity (Wildman–Crippen MR) is 218 cm³/mol. The fourth-order valence-electron chi connectivity index (χ4n) is 12.2. The quantitative estimate of drug-likeness (QED) is 0.0943. The number of hydrogen-bond acceptors (Lipinski definition) is 1. The molecule has 3 saturated carbocycles. The third-order valence-electron chi connectivity index (χ3n) is 15.6. The lowest BCUT2D eigenvalue weighted by atomic mass is 9.42. The van der Waals surface area contributed by atoms with Gasteiger partial charge < -0.3 is 5.11 Å². The van der Waals surface area contributed by atoms with Crippen LogP contribution < -0.4 is 0 Å². The van der Waals surface area contributed by atoms with E-state index in [1.165, 1.54) is 122 Å². The van der Waals surface area contributed by atoms with Gasteiger partial charge in [0, 0.05) is 0 Å². The maximum absolute atomic E-state index is 10.3. The van der Waals surface area contributed by atoms with Crippen molar-refractivity contribution in [3.8, 4) is 0 Å². The Labute approximate surface area is 309 Å². The number of hydrogen-bond donors (Lipinski definition) is 1. The average Bonchev–Trinajstić information content (AvgIpc) is 2.95. The lowest BCUT2D eigenvalue weighted by Crippen LogP contribution is -2.54. The van der Waals surface area contributed by atoms with Gasteiger partial charge in [-0.25, -0.2) is 0 Å². The van der Waals surface area contributed by atoms with Crippen LogP contribution >= 0.6 is 0 Å². The Morgan fingerprint density at radius 3 is 1.71 bits per heavy atom. The minimum Gasteiger partial charge on any atom is -0.393 e. The molecular formula is C48H90O. The number of unbranched alkanes of at least 4 members (excludes halogenated alkanes) is 2. The molecule has 3 rings (SSSR count). The average molecular weight is 683 g/mol. The molecule has 7 atom stereocenters. The van der Waals surface area contributed by atoms with E-state index in [4.69, 9.17) is 0 Å². The Kier molecular flexibility index (Phi) is 16.8. The fourth-order valence-corrected chi connectivity index (χ4v) is 12.2. The van der Waals surface area contributed by atoms with E-state index in [9.17, 15) is 5.11 Å². The van der Waals surface area contributed by atoms with E-state index in [-0.39, 0.29) is 11.5 Å². The maximum Gasteiger partial charge on any atom is 0.0548 e. The van der Waals surface area contributed by atoms with Crippen LogP contribution in [0.3, 0.4) is 0 Å². The van der Waals surface area contributed by atoms with Gasteiger partial charge in [-0.1, -0.05) is 185 Å². The molecule has 0 aliphatic heterocycles. The Balaban J connectivity index is 1.32. The molecule has 1 heteroatoms. The van der Waals surface area contributed by atoms with Gasteiger partial charge in [0.15, 0.2) is 0 Å². The third-order valence-corrected chi connectivity index (χ3v) is 15.6. The van der Waals surface area contributed by atoms with E-state index < -0.39 is 0 Å². The van der Waals surface area contributed by atoms with Crippen LogP contribution in [0.25, 0.3) is 0 Å². The zero-order valence-corrected chi connectivity index (χ0v) is 35.6. The second-order valence-electron chi connectivity index (χ2n) is 21.4. The SMILES string of the molecule is CCCCC1(/C=C/C(C)CCCC(C)CCCCC(C)CCCC(C)CC2C(C)CC(O)CC2(C)C)C(C)(C)CC(C2CCC2)CC1(C)C. The molecule has 7 unspecified atom stereocenters. The highest BCUT2D eigenvalue weighted by atomic mass is 16.3. The molecular weight excluding hydrogens is 593 g/mol. The Morgan fingerprint density at radius 1 is 0.673 bits per heavy atom. The molecule has 0 aromatic heterocycles. The zero-order valence-electron chi connectivity index (χ0n) is 35.6. The summed E-state index contributed by atoms with van der Waals surface area (Å²) in [6.45, 7) is 30.1. The lowest BCUT2D eigenvalue weighted by Gasteiger charge is -2.62. The van der Waals surface area contributed by atoms with Gasteiger partial charge in [-0.3, -0.25) is 0 Å². The predicted octanol–water partition coefficient (Wildman–Crippen LogP) is 15.3. The molecule has 0 saturated heterocycles. The van der Waals surface area contributed by atoms with Crippen LogP contribution in [0.5, 0.6) is 0 Å². The molecule has 0 radical (unpaired) electrons. The third kappa shape index (κ3) is 12.1. The van der Waals surface area contributed by atoms with Crippen molar-refractivity contribution in [1.29, 1.82) is 0 Å². The fraction of sp³-hybridized carbons (Fsp3) is 0.958. The molecule has 0 aromatic rings. The molecule has 0 aromatic carbocycles. The van der Waals surface area contributed by atoms with Crippen molar-refractivity contribution in [2.24, 2.45) is 69.0 Å². The van der Waals surface area contributed by atoms with Crippen LogP contribution in [0.4, 0.5) is 0 Å². The van der Waals surface area contributed by atoms with E-state index in [0.29, 0.717) is 28.1 Å².